The largest absolute Gasteiger partial charge is 0.367 e. The van der Waals surface area contributed by atoms with Gasteiger partial charge in [-0.15, -0.1) is 5.12 Å². The van der Waals surface area contributed by atoms with Gasteiger partial charge in [0.2, 0.25) is 5.67 Å². The molecule has 0 aromatic rings. The summed E-state index contributed by atoms with van der Waals surface area (Å²) in [4.78, 5) is 10.7. The van der Waals surface area contributed by atoms with Crippen LogP contribution in [0.5, 0.6) is 0 Å². The van der Waals surface area contributed by atoms with Gasteiger partial charge in [-0.3, -0.25) is 4.79 Å². The van der Waals surface area contributed by atoms with Gasteiger partial charge in [-0.05, 0) is 0 Å². The Morgan fingerprint density at radius 1 is 1.33 bits per heavy atom. The van der Waals surface area contributed by atoms with E-state index in [-0.39, 0.29) is 6.20 Å². The van der Waals surface area contributed by atoms with E-state index < -0.39 is 34.4 Å². The minimum Gasteiger partial charge on any atom is -0.265 e. The van der Waals surface area contributed by atoms with Crippen molar-refractivity contribution >= 4 is 5.91 Å². The van der Waals surface area contributed by atoms with Crippen molar-refractivity contribution in [3.8, 4) is 0 Å². The fourth-order valence-electron chi connectivity index (χ4n) is 1.33. The van der Waals surface area contributed by atoms with Crippen LogP contribution in [0, 0.1) is 5.92 Å². The minimum absolute atomic E-state index is 0.209. The number of nitrogens with zero attached hydrogens (tertiary/aromatic N) is 1. The van der Waals surface area contributed by atoms with Crippen molar-refractivity contribution in [1.29, 1.82) is 0 Å². The molecule has 0 aromatic heterocycles. The zero-order valence-corrected chi connectivity index (χ0v) is 7.90. The highest BCUT2D eigenvalue weighted by Gasteiger charge is 2.68. The van der Waals surface area contributed by atoms with Crippen LogP contribution < -0.4 is 0 Å². The first-order valence-electron chi connectivity index (χ1n) is 4.09. The van der Waals surface area contributed by atoms with E-state index in [1.54, 1.807) is 0 Å². The van der Waals surface area contributed by atoms with E-state index in [4.69, 9.17) is 0 Å². The van der Waals surface area contributed by atoms with E-state index in [0.29, 0.717) is 0 Å². The summed E-state index contributed by atoms with van der Waals surface area (Å²) in [6, 6.07) is 0. The van der Waals surface area contributed by atoms with Gasteiger partial charge in [-0.2, -0.15) is 8.78 Å². The third kappa shape index (κ3) is 1.32. The molecule has 0 saturated heterocycles. The summed E-state index contributed by atoms with van der Waals surface area (Å²) in [5, 5.41) is -1.14. The molecule has 2 nitrogen and oxygen atoms in total. The third-order valence-electron chi connectivity index (χ3n) is 2.29. The summed E-state index contributed by atoms with van der Waals surface area (Å²) >= 11 is 0. The van der Waals surface area contributed by atoms with E-state index in [9.17, 15) is 26.8 Å². The van der Waals surface area contributed by atoms with Crippen molar-refractivity contribution in [3.63, 3.8) is 0 Å². The first kappa shape index (κ1) is 11.9. The molecule has 0 spiro atoms. The second-order valence-corrected chi connectivity index (χ2v) is 3.53. The molecule has 86 valence electrons. The van der Waals surface area contributed by atoms with Crippen LogP contribution in [0.25, 0.3) is 0 Å². The fourth-order valence-corrected chi connectivity index (χ4v) is 1.33. The van der Waals surface area contributed by atoms with Gasteiger partial charge in [0.1, 0.15) is 0 Å². The minimum atomic E-state index is -4.74. The Morgan fingerprint density at radius 3 is 2.20 bits per heavy atom. The number of carbonyl (C=O) groups excluding carboxylic acids is 1. The lowest BCUT2D eigenvalue weighted by atomic mass is 9.83. The third-order valence-corrected chi connectivity index (χ3v) is 2.29. The Balaban J connectivity index is 3.38. The van der Waals surface area contributed by atoms with E-state index >= 15 is 0 Å². The van der Waals surface area contributed by atoms with Gasteiger partial charge in [0.25, 0.3) is 0 Å². The highest BCUT2D eigenvalue weighted by molar-refractivity contribution is 5.87. The molecule has 0 N–H and O–H groups in total. The Hall–Kier alpha value is -1.14. The topological polar surface area (TPSA) is 20.3 Å². The SMILES string of the molecule is CC(C)C1(F)C(F)=CN(F)C(=O)C1(F)F. The summed E-state index contributed by atoms with van der Waals surface area (Å²) in [7, 11) is 0. The van der Waals surface area contributed by atoms with Crippen LogP contribution >= 0.6 is 0 Å². The molecule has 1 heterocycles. The number of hydrogen-bond acceptors (Lipinski definition) is 1. The summed E-state index contributed by atoms with van der Waals surface area (Å²) < 4.78 is 65.3. The summed E-state index contributed by atoms with van der Waals surface area (Å²) in [5.74, 6) is -10.6. The number of alkyl halides is 3. The monoisotopic (exact) mass is 229 g/mol. The molecule has 1 unspecified atom stereocenters. The Morgan fingerprint density at radius 2 is 1.80 bits per heavy atom. The number of rotatable bonds is 1. The van der Waals surface area contributed by atoms with Crippen LogP contribution in [-0.4, -0.2) is 22.6 Å². The Kier molecular flexibility index (Phi) is 2.53. The molecular weight excluding hydrogens is 221 g/mol. The van der Waals surface area contributed by atoms with Gasteiger partial charge < -0.3 is 0 Å². The number of hydrogen-bond donors (Lipinski definition) is 0. The smallest absolute Gasteiger partial charge is 0.265 e. The first-order chi connectivity index (χ1) is 6.65. The lowest BCUT2D eigenvalue weighted by molar-refractivity contribution is -0.203. The maximum atomic E-state index is 13.7. The molecular formula is C8H8F5NO. The first-order valence-corrected chi connectivity index (χ1v) is 4.09. The second-order valence-electron chi connectivity index (χ2n) is 3.53. The average molecular weight is 229 g/mol. The molecule has 1 aliphatic rings. The van der Waals surface area contributed by atoms with Crippen LogP contribution in [0.4, 0.5) is 22.0 Å². The van der Waals surface area contributed by atoms with E-state index in [0.717, 1.165) is 13.8 Å². The van der Waals surface area contributed by atoms with Crippen molar-refractivity contribution < 1.29 is 26.8 Å². The van der Waals surface area contributed by atoms with Gasteiger partial charge in [-0.1, -0.05) is 18.3 Å². The standard InChI is InChI=1S/C8H8F5NO/c1-4(2)7(10)5(9)3-14(13)6(15)8(7,11)12/h3-4H,1-2H3. The van der Waals surface area contributed by atoms with Gasteiger partial charge in [0, 0.05) is 5.92 Å². The van der Waals surface area contributed by atoms with Crippen LogP contribution in [0.3, 0.4) is 0 Å². The average Bonchev–Trinajstić information content (AvgIpc) is 2.12. The predicted molar refractivity (Wildman–Crippen MR) is 40.8 cm³/mol. The molecule has 1 aliphatic heterocycles. The summed E-state index contributed by atoms with van der Waals surface area (Å²) in [5.41, 5.74) is -3.79. The normalized spacial score (nSPS) is 30.8. The van der Waals surface area contributed by atoms with Crippen molar-refractivity contribution in [2.75, 3.05) is 0 Å². The molecule has 1 amide bonds. The van der Waals surface area contributed by atoms with Gasteiger partial charge in [0.15, 0.2) is 5.83 Å². The molecule has 15 heavy (non-hydrogen) atoms. The molecule has 0 bridgehead atoms. The van der Waals surface area contributed by atoms with Gasteiger partial charge in [0.05, 0.1) is 6.20 Å². The van der Waals surface area contributed by atoms with Crippen molar-refractivity contribution in [2.24, 2.45) is 5.92 Å². The zero-order valence-electron chi connectivity index (χ0n) is 7.90. The molecule has 7 heteroatoms. The highest BCUT2D eigenvalue weighted by Crippen LogP contribution is 2.48. The maximum absolute atomic E-state index is 13.7. The lowest BCUT2D eigenvalue weighted by Gasteiger charge is -2.37. The Labute approximate surface area is 82.3 Å². The number of carbonyl (C=O) groups is 1. The number of halogens is 5. The van der Waals surface area contributed by atoms with E-state index in [2.05, 4.69) is 0 Å². The van der Waals surface area contributed by atoms with Crippen LogP contribution in [0.1, 0.15) is 13.8 Å². The predicted octanol–water partition coefficient (Wildman–Crippen LogP) is 2.52. The molecule has 0 saturated carbocycles. The molecule has 0 fully saturated rings. The molecule has 0 aromatic carbocycles. The van der Waals surface area contributed by atoms with Crippen LogP contribution in [0.15, 0.2) is 12.0 Å². The lowest BCUT2D eigenvalue weighted by Crippen LogP contribution is -2.59. The maximum Gasteiger partial charge on any atom is 0.367 e. The molecule has 1 atom stereocenters. The zero-order chi connectivity index (χ0) is 12.0. The van der Waals surface area contributed by atoms with Crippen molar-refractivity contribution in [2.45, 2.75) is 25.4 Å². The van der Waals surface area contributed by atoms with E-state index in [1.165, 1.54) is 0 Å². The van der Waals surface area contributed by atoms with Crippen LogP contribution in [-0.2, 0) is 4.79 Å². The quantitative estimate of drug-likeness (QED) is 0.499. The molecule has 0 radical (unpaired) electrons. The van der Waals surface area contributed by atoms with Gasteiger partial charge in [-0.25, -0.2) is 8.78 Å². The fraction of sp³-hybridized carbons (Fsp3) is 0.625. The van der Waals surface area contributed by atoms with Gasteiger partial charge >= 0.3 is 11.8 Å². The summed E-state index contributed by atoms with van der Waals surface area (Å²) in [6.07, 6.45) is -0.209. The number of amides is 1. The molecule has 0 aliphatic carbocycles. The second kappa shape index (κ2) is 3.18. The van der Waals surface area contributed by atoms with Crippen LogP contribution in [0.2, 0.25) is 0 Å². The van der Waals surface area contributed by atoms with Crippen molar-refractivity contribution in [1.82, 2.24) is 5.12 Å². The molecule has 1 rings (SSSR count). The van der Waals surface area contributed by atoms with E-state index in [1.807, 2.05) is 0 Å². The Bertz CT molecular complexity index is 327. The number of allylic oxidation sites excluding steroid dienone is 1. The van der Waals surface area contributed by atoms with Crippen molar-refractivity contribution in [3.05, 3.63) is 12.0 Å². The summed E-state index contributed by atoms with van der Waals surface area (Å²) in [6.45, 7) is 1.95. The highest BCUT2D eigenvalue weighted by atomic mass is 19.3.